The third-order valence-electron chi connectivity index (χ3n) is 4.03. The molecule has 1 saturated carbocycles. The maximum atomic E-state index is 12.1. The first kappa shape index (κ1) is 12.8. The molecule has 4 nitrogen and oxygen atoms in total. The van der Waals surface area contributed by atoms with Crippen molar-refractivity contribution in [1.29, 1.82) is 0 Å². The summed E-state index contributed by atoms with van der Waals surface area (Å²) in [5.41, 5.74) is 0. The molecule has 1 amide bonds. The zero-order chi connectivity index (χ0) is 12.3. The van der Waals surface area contributed by atoms with Crippen LogP contribution in [0.2, 0.25) is 0 Å². The van der Waals surface area contributed by atoms with Crippen molar-refractivity contribution in [1.82, 2.24) is 15.5 Å². The molecule has 2 rings (SSSR count). The quantitative estimate of drug-likeness (QED) is 0.763. The highest BCUT2D eigenvalue weighted by molar-refractivity contribution is 5.81. The standard InChI is InChI=1S/C13H25N3O/c1-10-9-16(8-7-14-10)11(2)13(17)15-12-5-3-4-6-12/h10-12,14H,3-9H2,1-2H3,(H,15,17)/t10-,11?/m0/s1. The van der Waals surface area contributed by atoms with Gasteiger partial charge in [0.1, 0.15) is 0 Å². The molecule has 2 N–H and O–H groups in total. The molecule has 1 saturated heterocycles. The summed E-state index contributed by atoms with van der Waals surface area (Å²) in [4.78, 5) is 14.4. The van der Waals surface area contributed by atoms with Gasteiger partial charge in [0.05, 0.1) is 6.04 Å². The van der Waals surface area contributed by atoms with Gasteiger partial charge in [0, 0.05) is 31.7 Å². The summed E-state index contributed by atoms with van der Waals surface area (Å²) in [6.07, 6.45) is 4.86. The van der Waals surface area contributed by atoms with Crippen LogP contribution in [0.25, 0.3) is 0 Å². The number of nitrogens with zero attached hydrogens (tertiary/aromatic N) is 1. The molecule has 1 unspecified atom stereocenters. The summed E-state index contributed by atoms with van der Waals surface area (Å²) in [5.74, 6) is 0.214. The van der Waals surface area contributed by atoms with Gasteiger partial charge in [0.25, 0.3) is 0 Å². The predicted octanol–water partition coefficient (Wildman–Crippen LogP) is 0.727. The van der Waals surface area contributed by atoms with Crippen LogP contribution >= 0.6 is 0 Å². The van der Waals surface area contributed by atoms with Crippen LogP contribution in [-0.2, 0) is 4.79 Å². The molecule has 0 aromatic carbocycles. The summed E-state index contributed by atoms with van der Waals surface area (Å²) in [6, 6.07) is 0.941. The van der Waals surface area contributed by atoms with Crippen molar-refractivity contribution in [3.8, 4) is 0 Å². The Morgan fingerprint density at radius 2 is 2.12 bits per heavy atom. The second-order valence-corrected chi connectivity index (χ2v) is 5.52. The van der Waals surface area contributed by atoms with E-state index >= 15 is 0 Å². The molecule has 0 bridgehead atoms. The van der Waals surface area contributed by atoms with E-state index in [4.69, 9.17) is 0 Å². The van der Waals surface area contributed by atoms with Gasteiger partial charge in [-0.25, -0.2) is 0 Å². The Bertz CT molecular complexity index is 263. The maximum Gasteiger partial charge on any atom is 0.237 e. The molecule has 17 heavy (non-hydrogen) atoms. The van der Waals surface area contributed by atoms with E-state index in [0.29, 0.717) is 12.1 Å². The van der Waals surface area contributed by atoms with Gasteiger partial charge in [-0.15, -0.1) is 0 Å². The molecule has 4 heteroatoms. The smallest absolute Gasteiger partial charge is 0.237 e. The third kappa shape index (κ3) is 3.42. The van der Waals surface area contributed by atoms with Gasteiger partial charge in [-0.05, 0) is 26.7 Å². The van der Waals surface area contributed by atoms with Crippen molar-refractivity contribution in [2.45, 2.75) is 57.7 Å². The molecule has 1 aliphatic heterocycles. The van der Waals surface area contributed by atoms with Crippen LogP contribution < -0.4 is 10.6 Å². The van der Waals surface area contributed by atoms with Crippen LogP contribution in [0.5, 0.6) is 0 Å². The van der Waals surface area contributed by atoms with Gasteiger partial charge in [-0.1, -0.05) is 12.8 Å². The Labute approximate surface area is 104 Å². The maximum absolute atomic E-state index is 12.1. The highest BCUT2D eigenvalue weighted by atomic mass is 16.2. The van der Waals surface area contributed by atoms with Crippen LogP contribution in [0.1, 0.15) is 39.5 Å². The first-order chi connectivity index (χ1) is 8.16. The van der Waals surface area contributed by atoms with E-state index in [1.54, 1.807) is 0 Å². The van der Waals surface area contributed by atoms with E-state index in [-0.39, 0.29) is 11.9 Å². The fraction of sp³-hybridized carbons (Fsp3) is 0.923. The number of carbonyl (C=O) groups is 1. The summed E-state index contributed by atoms with van der Waals surface area (Å²) in [7, 11) is 0. The number of carbonyl (C=O) groups excluding carboxylic acids is 1. The van der Waals surface area contributed by atoms with Gasteiger partial charge < -0.3 is 10.6 Å². The van der Waals surface area contributed by atoms with E-state index in [9.17, 15) is 4.79 Å². The lowest BCUT2D eigenvalue weighted by Crippen LogP contribution is -2.56. The normalized spacial score (nSPS) is 29.2. The first-order valence-corrected chi connectivity index (χ1v) is 6.94. The van der Waals surface area contributed by atoms with E-state index in [2.05, 4.69) is 22.5 Å². The van der Waals surface area contributed by atoms with E-state index in [0.717, 1.165) is 32.5 Å². The Kier molecular flexibility index (Phi) is 4.40. The van der Waals surface area contributed by atoms with E-state index < -0.39 is 0 Å². The Morgan fingerprint density at radius 3 is 2.76 bits per heavy atom. The van der Waals surface area contributed by atoms with Crippen molar-refractivity contribution in [3.05, 3.63) is 0 Å². The molecular formula is C13H25N3O. The molecule has 1 aliphatic carbocycles. The fourth-order valence-corrected chi connectivity index (χ4v) is 2.87. The van der Waals surface area contributed by atoms with Crippen molar-refractivity contribution >= 4 is 5.91 Å². The largest absolute Gasteiger partial charge is 0.352 e. The lowest BCUT2D eigenvalue weighted by atomic mass is 10.1. The first-order valence-electron chi connectivity index (χ1n) is 6.94. The molecule has 2 aliphatic rings. The number of rotatable bonds is 3. The number of hydrogen-bond acceptors (Lipinski definition) is 3. The van der Waals surface area contributed by atoms with Crippen LogP contribution in [0.3, 0.4) is 0 Å². The molecule has 2 fully saturated rings. The molecule has 0 aromatic rings. The minimum atomic E-state index is 0.0140. The van der Waals surface area contributed by atoms with Crippen molar-refractivity contribution in [2.24, 2.45) is 0 Å². The monoisotopic (exact) mass is 239 g/mol. The van der Waals surface area contributed by atoms with E-state index in [1.165, 1.54) is 12.8 Å². The lowest BCUT2D eigenvalue weighted by molar-refractivity contribution is -0.127. The summed E-state index contributed by atoms with van der Waals surface area (Å²) in [5, 5.41) is 6.60. The summed E-state index contributed by atoms with van der Waals surface area (Å²) >= 11 is 0. The second kappa shape index (κ2) is 5.83. The SMILES string of the molecule is CC(C(=O)NC1CCCC1)N1CCN[C@@H](C)C1. The van der Waals surface area contributed by atoms with Gasteiger partial charge >= 0.3 is 0 Å². The summed E-state index contributed by atoms with van der Waals surface area (Å²) < 4.78 is 0. The molecule has 0 radical (unpaired) electrons. The molecular weight excluding hydrogens is 214 g/mol. The average Bonchev–Trinajstić information content (AvgIpc) is 2.80. The van der Waals surface area contributed by atoms with Crippen molar-refractivity contribution in [2.75, 3.05) is 19.6 Å². The molecule has 2 atom stereocenters. The Hall–Kier alpha value is -0.610. The minimum absolute atomic E-state index is 0.0140. The van der Waals surface area contributed by atoms with E-state index in [1.807, 2.05) is 6.92 Å². The lowest BCUT2D eigenvalue weighted by Gasteiger charge is -2.35. The topological polar surface area (TPSA) is 44.4 Å². The number of nitrogens with one attached hydrogen (secondary N) is 2. The Morgan fingerprint density at radius 1 is 1.41 bits per heavy atom. The number of hydrogen-bond donors (Lipinski definition) is 2. The van der Waals surface area contributed by atoms with Gasteiger partial charge in [-0.3, -0.25) is 9.69 Å². The van der Waals surface area contributed by atoms with Crippen molar-refractivity contribution in [3.63, 3.8) is 0 Å². The third-order valence-corrected chi connectivity index (χ3v) is 4.03. The highest BCUT2D eigenvalue weighted by Gasteiger charge is 2.27. The molecule has 98 valence electrons. The van der Waals surface area contributed by atoms with Crippen molar-refractivity contribution < 1.29 is 4.79 Å². The fourth-order valence-electron chi connectivity index (χ4n) is 2.87. The predicted molar refractivity (Wildman–Crippen MR) is 68.9 cm³/mol. The average molecular weight is 239 g/mol. The number of piperazine rings is 1. The Balaban J connectivity index is 1.80. The summed E-state index contributed by atoms with van der Waals surface area (Å²) in [6.45, 7) is 7.14. The number of amides is 1. The minimum Gasteiger partial charge on any atom is -0.352 e. The van der Waals surface area contributed by atoms with Gasteiger partial charge in [0.2, 0.25) is 5.91 Å². The highest BCUT2D eigenvalue weighted by Crippen LogP contribution is 2.18. The zero-order valence-corrected chi connectivity index (χ0v) is 11.0. The van der Waals surface area contributed by atoms with Gasteiger partial charge in [0.15, 0.2) is 0 Å². The van der Waals surface area contributed by atoms with Gasteiger partial charge in [-0.2, -0.15) is 0 Å². The van der Waals surface area contributed by atoms with Crippen LogP contribution in [0.15, 0.2) is 0 Å². The van der Waals surface area contributed by atoms with Crippen LogP contribution in [-0.4, -0.2) is 48.6 Å². The molecule has 1 heterocycles. The molecule has 0 aromatic heterocycles. The van der Waals surface area contributed by atoms with Crippen LogP contribution in [0, 0.1) is 0 Å². The zero-order valence-electron chi connectivity index (χ0n) is 11.0. The second-order valence-electron chi connectivity index (χ2n) is 5.52. The van der Waals surface area contributed by atoms with Crippen LogP contribution in [0.4, 0.5) is 0 Å². The molecule has 0 spiro atoms.